The largest absolute Gasteiger partial charge is 0.364 e. The van der Waals surface area contributed by atoms with Gasteiger partial charge in [-0.25, -0.2) is 9.67 Å². The Hall–Kier alpha value is -1.98. The molecule has 0 aromatic carbocycles. The third-order valence-corrected chi connectivity index (χ3v) is 1.76. The number of carbonyl (C=O) groups excluding carboxylic acids is 1. The lowest BCUT2D eigenvalue weighted by Crippen LogP contribution is -2.13. The molecule has 0 unspecified atom stereocenters. The van der Waals surface area contributed by atoms with Gasteiger partial charge in [-0.3, -0.25) is 4.79 Å². The van der Waals surface area contributed by atoms with E-state index in [4.69, 9.17) is 5.73 Å². The zero-order valence-electron chi connectivity index (χ0n) is 6.93. The summed E-state index contributed by atoms with van der Waals surface area (Å²) < 4.78 is 1.56. The maximum Gasteiger partial charge on any atom is 0.269 e. The average molecular weight is 177 g/mol. The Balaban J connectivity index is 2.84. The fraction of sp³-hybridized carbons (Fsp3) is 0.143. The molecule has 2 N–H and O–H groups in total. The van der Waals surface area contributed by atoms with E-state index in [1.165, 1.54) is 6.20 Å². The predicted octanol–water partition coefficient (Wildman–Crippen LogP) is -0.538. The van der Waals surface area contributed by atoms with Crippen molar-refractivity contribution < 1.29 is 4.79 Å². The highest BCUT2D eigenvalue weighted by atomic mass is 16.1. The van der Waals surface area contributed by atoms with Gasteiger partial charge in [0.05, 0.1) is 5.52 Å². The summed E-state index contributed by atoms with van der Waals surface area (Å²) in [6.45, 7) is 0. The second-order valence-corrected chi connectivity index (χ2v) is 2.60. The summed E-state index contributed by atoms with van der Waals surface area (Å²) in [4.78, 5) is 14.7. The van der Waals surface area contributed by atoms with Crippen LogP contribution in [0.2, 0.25) is 0 Å². The molecule has 2 rings (SSSR count). The summed E-state index contributed by atoms with van der Waals surface area (Å²) in [6.07, 6.45) is 1.51. The van der Waals surface area contributed by atoms with Crippen LogP contribution in [0, 0.1) is 0 Å². The molecule has 66 valence electrons. The Labute approximate surface area is 73.4 Å². The van der Waals surface area contributed by atoms with Crippen LogP contribution in [-0.2, 0) is 7.05 Å². The Morgan fingerprint density at radius 3 is 3.08 bits per heavy atom. The number of pyridine rings is 1. The van der Waals surface area contributed by atoms with Crippen molar-refractivity contribution in [3.05, 3.63) is 18.0 Å². The van der Waals surface area contributed by atoms with E-state index in [9.17, 15) is 4.79 Å². The lowest BCUT2D eigenvalue weighted by Gasteiger charge is -1.94. The lowest BCUT2D eigenvalue weighted by molar-refractivity contribution is 0.0997. The molecule has 0 bridgehead atoms. The summed E-state index contributed by atoms with van der Waals surface area (Å²) in [7, 11) is 1.74. The van der Waals surface area contributed by atoms with Crippen LogP contribution in [0.5, 0.6) is 0 Å². The van der Waals surface area contributed by atoms with Crippen LogP contribution in [0.4, 0.5) is 0 Å². The molecule has 0 spiro atoms. The molecule has 1 amide bonds. The molecule has 0 aliphatic heterocycles. The van der Waals surface area contributed by atoms with E-state index in [1.54, 1.807) is 17.8 Å². The average Bonchev–Trinajstić information content (AvgIpc) is 2.48. The van der Waals surface area contributed by atoms with Crippen molar-refractivity contribution >= 4 is 16.9 Å². The summed E-state index contributed by atoms with van der Waals surface area (Å²) in [5.74, 6) is -0.592. The van der Waals surface area contributed by atoms with Crippen LogP contribution >= 0.6 is 0 Å². The Kier molecular flexibility index (Phi) is 1.48. The summed E-state index contributed by atoms with van der Waals surface area (Å²) in [6, 6.07) is 1.72. The summed E-state index contributed by atoms with van der Waals surface area (Å²) in [5.41, 5.74) is 6.45. The van der Waals surface area contributed by atoms with Crippen molar-refractivity contribution in [3.8, 4) is 0 Å². The SMILES string of the molecule is Cn1nnc2c(C(N)=O)nccc21. The molecule has 6 nitrogen and oxygen atoms in total. The normalized spacial score (nSPS) is 10.5. The fourth-order valence-electron chi connectivity index (χ4n) is 1.14. The van der Waals surface area contributed by atoms with Gasteiger partial charge in [0, 0.05) is 13.2 Å². The van der Waals surface area contributed by atoms with Gasteiger partial charge in [-0.1, -0.05) is 5.21 Å². The minimum Gasteiger partial charge on any atom is -0.364 e. The number of fused-ring (bicyclic) bond motifs is 1. The Morgan fingerprint density at radius 2 is 2.38 bits per heavy atom. The van der Waals surface area contributed by atoms with E-state index >= 15 is 0 Å². The highest BCUT2D eigenvalue weighted by Gasteiger charge is 2.11. The van der Waals surface area contributed by atoms with Gasteiger partial charge < -0.3 is 5.73 Å². The van der Waals surface area contributed by atoms with Gasteiger partial charge >= 0.3 is 0 Å². The first-order chi connectivity index (χ1) is 6.20. The van der Waals surface area contributed by atoms with E-state index < -0.39 is 5.91 Å². The van der Waals surface area contributed by atoms with Crippen LogP contribution in [0.15, 0.2) is 12.3 Å². The maximum atomic E-state index is 10.9. The second-order valence-electron chi connectivity index (χ2n) is 2.60. The monoisotopic (exact) mass is 177 g/mol. The van der Waals surface area contributed by atoms with Gasteiger partial charge in [-0.2, -0.15) is 0 Å². The minimum atomic E-state index is -0.592. The number of nitrogens with two attached hydrogens (primary N) is 1. The van der Waals surface area contributed by atoms with E-state index in [0.29, 0.717) is 5.52 Å². The van der Waals surface area contributed by atoms with Crippen LogP contribution < -0.4 is 5.73 Å². The number of nitrogens with zero attached hydrogens (tertiary/aromatic N) is 4. The number of hydrogen-bond donors (Lipinski definition) is 1. The molecule has 2 heterocycles. The number of hydrogen-bond acceptors (Lipinski definition) is 4. The van der Waals surface area contributed by atoms with E-state index in [0.717, 1.165) is 5.52 Å². The first-order valence-corrected chi connectivity index (χ1v) is 3.64. The summed E-state index contributed by atoms with van der Waals surface area (Å²) in [5, 5.41) is 7.55. The third kappa shape index (κ3) is 1.03. The summed E-state index contributed by atoms with van der Waals surface area (Å²) >= 11 is 0. The maximum absolute atomic E-state index is 10.9. The van der Waals surface area contributed by atoms with Crippen molar-refractivity contribution in [2.24, 2.45) is 12.8 Å². The van der Waals surface area contributed by atoms with Gasteiger partial charge in [0.1, 0.15) is 5.52 Å². The van der Waals surface area contributed by atoms with E-state index in [1.807, 2.05) is 0 Å². The first-order valence-electron chi connectivity index (χ1n) is 3.64. The van der Waals surface area contributed by atoms with Crippen molar-refractivity contribution in [3.63, 3.8) is 0 Å². The smallest absolute Gasteiger partial charge is 0.269 e. The third-order valence-electron chi connectivity index (χ3n) is 1.76. The standard InChI is InChI=1S/C7H7N5O/c1-12-4-2-3-9-6(7(8)13)5(4)10-11-12/h2-3H,1H3,(H2,8,13). The molecule has 0 aliphatic carbocycles. The zero-order chi connectivity index (χ0) is 9.42. The molecular formula is C7H7N5O. The number of carbonyl (C=O) groups is 1. The van der Waals surface area contributed by atoms with Gasteiger partial charge in [-0.05, 0) is 6.07 Å². The number of primary amides is 1. The van der Waals surface area contributed by atoms with Gasteiger partial charge in [-0.15, -0.1) is 5.10 Å². The predicted molar refractivity (Wildman–Crippen MR) is 44.8 cm³/mol. The number of amides is 1. The van der Waals surface area contributed by atoms with Crippen molar-refractivity contribution in [1.82, 2.24) is 20.0 Å². The molecule has 2 aromatic rings. The van der Waals surface area contributed by atoms with E-state index in [-0.39, 0.29) is 5.69 Å². The molecule has 0 aliphatic rings. The molecular weight excluding hydrogens is 170 g/mol. The van der Waals surface area contributed by atoms with Crippen LogP contribution in [-0.4, -0.2) is 25.9 Å². The molecule has 0 saturated heterocycles. The quantitative estimate of drug-likeness (QED) is 0.633. The highest BCUT2D eigenvalue weighted by Crippen LogP contribution is 2.11. The topological polar surface area (TPSA) is 86.7 Å². The molecule has 6 heteroatoms. The molecule has 2 aromatic heterocycles. The molecule has 0 radical (unpaired) electrons. The highest BCUT2D eigenvalue weighted by molar-refractivity contribution is 6.01. The first kappa shape index (κ1) is 7.66. The van der Waals surface area contributed by atoms with Crippen molar-refractivity contribution in [2.75, 3.05) is 0 Å². The molecule has 0 saturated carbocycles. The number of aromatic nitrogens is 4. The number of aryl methyl sites for hydroxylation is 1. The molecule has 0 fully saturated rings. The zero-order valence-corrected chi connectivity index (χ0v) is 6.93. The van der Waals surface area contributed by atoms with Gasteiger partial charge in [0.2, 0.25) is 0 Å². The second kappa shape index (κ2) is 2.51. The van der Waals surface area contributed by atoms with Crippen molar-refractivity contribution in [2.45, 2.75) is 0 Å². The van der Waals surface area contributed by atoms with Crippen LogP contribution in [0.1, 0.15) is 10.5 Å². The Morgan fingerprint density at radius 1 is 1.62 bits per heavy atom. The van der Waals surface area contributed by atoms with E-state index in [2.05, 4.69) is 15.3 Å². The fourth-order valence-corrected chi connectivity index (χ4v) is 1.14. The van der Waals surface area contributed by atoms with Crippen LogP contribution in [0.3, 0.4) is 0 Å². The van der Waals surface area contributed by atoms with Gasteiger partial charge in [0.25, 0.3) is 5.91 Å². The Bertz CT molecular complexity index is 475. The van der Waals surface area contributed by atoms with Gasteiger partial charge in [0.15, 0.2) is 5.69 Å². The minimum absolute atomic E-state index is 0.158. The van der Waals surface area contributed by atoms with Crippen LogP contribution in [0.25, 0.3) is 11.0 Å². The van der Waals surface area contributed by atoms with Crippen molar-refractivity contribution in [1.29, 1.82) is 0 Å². The number of rotatable bonds is 1. The molecule has 0 atom stereocenters. The molecule has 13 heavy (non-hydrogen) atoms. The lowest BCUT2D eigenvalue weighted by atomic mass is 10.3.